The first-order chi connectivity index (χ1) is 11.3. The molecule has 0 heterocycles. The van der Waals surface area contributed by atoms with Crippen molar-refractivity contribution in [2.45, 2.75) is 26.9 Å². The molecule has 0 fully saturated rings. The molecule has 2 aromatic carbocycles. The number of carbonyl (C=O) groups is 1. The van der Waals surface area contributed by atoms with Gasteiger partial charge in [0.25, 0.3) is 11.6 Å². The number of nitrogens with one attached hydrogen (secondary N) is 1. The lowest BCUT2D eigenvalue weighted by Crippen LogP contribution is -2.30. The zero-order valence-corrected chi connectivity index (χ0v) is 14.3. The van der Waals surface area contributed by atoms with Crippen molar-refractivity contribution in [2.75, 3.05) is 5.32 Å². The number of nitro groups is 1. The molecule has 2 aromatic rings. The second-order valence-electron chi connectivity index (χ2n) is 5.39. The van der Waals surface area contributed by atoms with Gasteiger partial charge in [-0.1, -0.05) is 29.8 Å². The topological polar surface area (TPSA) is 81.5 Å². The Bertz CT molecular complexity index is 772. The van der Waals surface area contributed by atoms with Gasteiger partial charge in [0.05, 0.1) is 4.92 Å². The molecule has 7 heteroatoms. The summed E-state index contributed by atoms with van der Waals surface area (Å²) in [5.41, 5.74) is 1.87. The van der Waals surface area contributed by atoms with Gasteiger partial charge in [-0.05, 0) is 44.0 Å². The summed E-state index contributed by atoms with van der Waals surface area (Å²) < 4.78 is 5.74. The average Bonchev–Trinajstić information content (AvgIpc) is 2.52. The number of nitrogens with zero attached hydrogens (tertiary/aromatic N) is 1. The molecule has 0 bridgehead atoms. The fraction of sp³-hybridized carbons (Fsp3) is 0.235. The van der Waals surface area contributed by atoms with E-state index in [1.807, 2.05) is 32.0 Å². The van der Waals surface area contributed by atoms with E-state index in [2.05, 4.69) is 5.32 Å². The van der Waals surface area contributed by atoms with Crippen LogP contribution in [0.3, 0.4) is 0 Å². The predicted octanol–water partition coefficient (Wildman–Crippen LogP) is 4.27. The number of carbonyl (C=O) groups excluding carboxylic acids is 1. The molecule has 1 N–H and O–H groups in total. The Morgan fingerprint density at radius 3 is 2.46 bits per heavy atom. The maximum Gasteiger partial charge on any atom is 0.289 e. The van der Waals surface area contributed by atoms with Crippen LogP contribution in [-0.2, 0) is 4.79 Å². The van der Waals surface area contributed by atoms with Gasteiger partial charge in [-0.25, -0.2) is 0 Å². The van der Waals surface area contributed by atoms with Crippen molar-refractivity contribution in [1.29, 1.82) is 0 Å². The van der Waals surface area contributed by atoms with Gasteiger partial charge in [-0.3, -0.25) is 14.9 Å². The molecule has 0 aliphatic rings. The number of halogens is 1. The van der Waals surface area contributed by atoms with Gasteiger partial charge in [0, 0.05) is 11.8 Å². The summed E-state index contributed by atoms with van der Waals surface area (Å²) >= 11 is 5.75. The van der Waals surface area contributed by atoms with Crippen LogP contribution in [0, 0.1) is 24.0 Å². The van der Waals surface area contributed by atoms with Crippen molar-refractivity contribution in [1.82, 2.24) is 0 Å². The second kappa shape index (κ2) is 7.31. The van der Waals surface area contributed by atoms with E-state index in [-0.39, 0.29) is 16.4 Å². The summed E-state index contributed by atoms with van der Waals surface area (Å²) in [4.78, 5) is 22.6. The molecule has 1 amide bonds. The predicted molar refractivity (Wildman–Crippen MR) is 92.7 cm³/mol. The highest BCUT2D eigenvalue weighted by Gasteiger charge is 2.19. The Labute approximate surface area is 144 Å². The highest BCUT2D eigenvalue weighted by molar-refractivity contribution is 6.32. The van der Waals surface area contributed by atoms with Crippen LogP contribution in [-0.4, -0.2) is 16.9 Å². The van der Waals surface area contributed by atoms with E-state index < -0.39 is 16.9 Å². The monoisotopic (exact) mass is 348 g/mol. The smallest absolute Gasteiger partial charge is 0.289 e. The quantitative estimate of drug-likeness (QED) is 0.646. The third-order valence-electron chi connectivity index (χ3n) is 3.48. The first-order valence-electron chi connectivity index (χ1n) is 7.27. The maximum absolute atomic E-state index is 12.3. The summed E-state index contributed by atoms with van der Waals surface area (Å²) in [7, 11) is 0. The Hall–Kier alpha value is -2.60. The Morgan fingerprint density at radius 2 is 1.88 bits per heavy atom. The Balaban J connectivity index is 2.12. The third-order valence-corrected chi connectivity index (χ3v) is 3.80. The molecular formula is C17H17ClN2O4. The Morgan fingerprint density at radius 1 is 1.25 bits per heavy atom. The molecule has 0 unspecified atom stereocenters. The lowest BCUT2D eigenvalue weighted by molar-refractivity contribution is -0.384. The number of rotatable bonds is 5. The number of hydrogen-bond acceptors (Lipinski definition) is 4. The molecule has 0 spiro atoms. The zero-order valence-electron chi connectivity index (χ0n) is 13.5. The summed E-state index contributed by atoms with van der Waals surface area (Å²) in [5.74, 6) is 0.247. The molecule has 0 aliphatic heterocycles. The Kier molecular flexibility index (Phi) is 5.41. The van der Waals surface area contributed by atoms with Gasteiger partial charge in [-0.15, -0.1) is 0 Å². The van der Waals surface area contributed by atoms with Crippen molar-refractivity contribution >= 4 is 28.9 Å². The molecule has 0 saturated carbocycles. The van der Waals surface area contributed by atoms with Crippen LogP contribution >= 0.6 is 11.6 Å². The molecule has 1 atom stereocenters. The van der Waals surface area contributed by atoms with E-state index >= 15 is 0 Å². The molecule has 2 rings (SSSR count). The molecule has 0 radical (unpaired) electrons. The van der Waals surface area contributed by atoms with E-state index in [1.54, 1.807) is 6.92 Å². The molecule has 24 heavy (non-hydrogen) atoms. The number of benzene rings is 2. The number of para-hydroxylation sites is 1. The number of anilines is 1. The summed E-state index contributed by atoms with van der Waals surface area (Å²) in [6.45, 7) is 5.41. The van der Waals surface area contributed by atoms with Crippen molar-refractivity contribution in [2.24, 2.45) is 0 Å². The van der Waals surface area contributed by atoms with Gasteiger partial charge >= 0.3 is 0 Å². The van der Waals surface area contributed by atoms with Crippen molar-refractivity contribution < 1.29 is 14.5 Å². The number of aryl methyl sites for hydroxylation is 2. The van der Waals surface area contributed by atoms with Crippen molar-refractivity contribution in [3.8, 4) is 5.75 Å². The van der Waals surface area contributed by atoms with Crippen LogP contribution < -0.4 is 10.1 Å². The maximum atomic E-state index is 12.3. The molecule has 0 saturated heterocycles. The molecule has 0 aliphatic carbocycles. The number of ether oxygens (including phenoxy) is 1. The first-order valence-corrected chi connectivity index (χ1v) is 7.65. The normalized spacial score (nSPS) is 11.7. The van der Waals surface area contributed by atoms with Crippen LogP contribution in [0.25, 0.3) is 0 Å². The fourth-order valence-corrected chi connectivity index (χ4v) is 2.38. The highest BCUT2D eigenvalue weighted by atomic mass is 35.5. The lowest BCUT2D eigenvalue weighted by Gasteiger charge is -2.18. The molecular weight excluding hydrogens is 332 g/mol. The highest BCUT2D eigenvalue weighted by Crippen LogP contribution is 2.28. The van der Waals surface area contributed by atoms with E-state index in [4.69, 9.17) is 16.3 Å². The SMILES string of the molecule is Cc1cccc(C)c1O[C@H](C)C(=O)Nc1ccc(Cl)c([N+](=O)[O-])c1. The average molecular weight is 349 g/mol. The summed E-state index contributed by atoms with van der Waals surface area (Å²) in [6.07, 6.45) is -0.764. The summed E-state index contributed by atoms with van der Waals surface area (Å²) in [6, 6.07) is 9.79. The molecule has 0 aromatic heterocycles. The minimum Gasteiger partial charge on any atom is -0.480 e. The van der Waals surface area contributed by atoms with Crippen molar-refractivity contribution in [3.05, 3.63) is 62.7 Å². The van der Waals surface area contributed by atoms with Crippen LogP contribution in [0.2, 0.25) is 5.02 Å². The zero-order chi connectivity index (χ0) is 17.9. The van der Waals surface area contributed by atoms with E-state index in [9.17, 15) is 14.9 Å². The number of amides is 1. The van der Waals surface area contributed by atoms with Crippen LogP contribution in [0.4, 0.5) is 11.4 Å². The van der Waals surface area contributed by atoms with Crippen LogP contribution in [0.5, 0.6) is 5.75 Å². The minimum atomic E-state index is -0.764. The lowest BCUT2D eigenvalue weighted by atomic mass is 10.1. The van der Waals surface area contributed by atoms with Gasteiger partial charge in [0.2, 0.25) is 0 Å². The minimum absolute atomic E-state index is 0.0119. The van der Waals surface area contributed by atoms with E-state index in [1.165, 1.54) is 18.2 Å². The molecule has 126 valence electrons. The standard InChI is InChI=1S/C17H17ClN2O4/c1-10-5-4-6-11(2)16(10)24-12(3)17(21)19-13-7-8-14(18)15(9-13)20(22)23/h4-9,12H,1-3H3,(H,19,21)/t12-/m1/s1. The van der Waals surface area contributed by atoms with Crippen molar-refractivity contribution in [3.63, 3.8) is 0 Å². The first kappa shape index (κ1) is 17.7. The largest absolute Gasteiger partial charge is 0.480 e. The van der Waals surface area contributed by atoms with Gasteiger partial charge in [-0.2, -0.15) is 0 Å². The van der Waals surface area contributed by atoms with E-state index in [0.717, 1.165) is 11.1 Å². The van der Waals surface area contributed by atoms with Gasteiger partial charge < -0.3 is 10.1 Å². The van der Waals surface area contributed by atoms with Crippen LogP contribution in [0.15, 0.2) is 36.4 Å². The second-order valence-corrected chi connectivity index (χ2v) is 5.80. The van der Waals surface area contributed by atoms with Gasteiger partial charge in [0.1, 0.15) is 10.8 Å². The number of nitro benzene ring substituents is 1. The fourth-order valence-electron chi connectivity index (χ4n) is 2.19. The van der Waals surface area contributed by atoms with Crippen LogP contribution in [0.1, 0.15) is 18.1 Å². The summed E-state index contributed by atoms with van der Waals surface area (Å²) in [5, 5.41) is 13.5. The van der Waals surface area contributed by atoms with E-state index in [0.29, 0.717) is 5.75 Å². The van der Waals surface area contributed by atoms with Gasteiger partial charge in [0.15, 0.2) is 6.10 Å². The molecule has 6 nitrogen and oxygen atoms in total. The number of hydrogen-bond donors (Lipinski definition) is 1. The third kappa shape index (κ3) is 4.02.